The van der Waals surface area contributed by atoms with E-state index in [4.69, 9.17) is 25.3 Å². The average molecular weight is 517 g/mol. The van der Waals surface area contributed by atoms with Gasteiger partial charge in [-0.25, -0.2) is 5.43 Å². The monoisotopic (exact) mass is 516 g/mol. The van der Waals surface area contributed by atoms with Crippen LogP contribution in [0.2, 0.25) is 5.02 Å². The van der Waals surface area contributed by atoms with Gasteiger partial charge in [-0.3, -0.25) is 4.79 Å². The Bertz CT molecular complexity index is 1300. The highest BCUT2D eigenvalue weighted by molar-refractivity contribution is 7.87. The van der Waals surface area contributed by atoms with Crippen LogP contribution in [0.1, 0.15) is 36.2 Å². The second-order valence-corrected chi connectivity index (χ2v) is 9.14. The van der Waals surface area contributed by atoms with Crippen molar-refractivity contribution < 1.29 is 26.9 Å². The summed E-state index contributed by atoms with van der Waals surface area (Å²) < 4.78 is 41.1. The second-order valence-electron chi connectivity index (χ2n) is 7.18. The van der Waals surface area contributed by atoms with Gasteiger partial charge in [0.25, 0.3) is 5.91 Å². The topological polar surface area (TPSA) is 103 Å². The molecule has 1 amide bonds. The highest BCUT2D eigenvalue weighted by atomic mass is 35.5. The Balaban J connectivity index is 1.66. The molecular formula is C25H25ClN2O6S. The molecule has 3 aromatic carbocycles. The summed E-state index contributed by atoms with van der Waals surface area (Å²) in [6.45, 7) is 4.82. The highest BCUT2D eigenvalue weighted by Gasteiger charge is 2.18. The van der Waals surface area contributed by atoms with E-state index < -0.39 is 16.0 Å². The smallest absolute Gasteiger partial charge is 0.339 e. The van der Waals surface area contributed by atoms with E-state index in [0.717, 1.165) is 6.42 Å². The van der Waals surface area contributed by atoms with Crippen LogP contribution in [0.15, 0.2) is 76.7 Å². The van der Waals surface area contributed by atoms with Crippen molar-refractivity contribution in [1.29, 1.82) is 0 Å². The maximum Gasteiger partial charge on any atom is 0.339 e. The molecule has 0 aliphatic carbocycles. The number of hydrogen-bond acceptors (Lipinski definition) is 7. The van der Waals surface area contributed by atoms with Gasteiger partial charge in [-0.15, -0.1) is 0 Å². The van der Waals surface area contributed by atoms with Gasteiger partial charge in [0.05, 0.1) is 24.5 Å². The van der Waals surface area contributed by atoms with Crippen molar-refractivity contribution in [3.05, 3.63) is 82.9 Å². The summed E-state index contributed by atoms with van der Waals surface area (Å²) in [6, 6.07) is 17.1. The Morgan fingerprint density at radius 3 is 2.40 bits per heavy atom. The van der Waals surface area contributed by atoms with Crippen LogP contribution < -0.4 is 19.1 Å². The predicted molar refractivity (Wildman–Crippen MR) is 134 cm³/mol. The molecular weight excluding hydrogens is 492 g/mol. The molecule has 0 saturated heterocycles. The van der Waals surface area contributed by atoms with Crippen molar-refractivity contribution in [3.63, 3.8) is 0 Å². The van der Waals surface area contributed by atoms with Crippen molar-refractivity contribution in [2.75, 3.05) is 13.2 Å². The molecule has 0 aliphatic rings. The molecule has 35 heavy (non-hydrogen) atoms. The number of hydrazone groups is 1. The Kier molecular flexibility index (Phi) is 9.11. The van der Waals surface area contributed by atoms with E-state index in [0.29, 0.717) is 35.8 Å². The van der Waals surface area contributed by atoms with Gasteiger partial charge in [0.1, 0.15) is 4.90 Å². The largest absolute Gasteiger partial charge is 0.490 e. The van der Waals surface area contributed by atoms with Gasteiger partial charge in [-0.2, -0.15) is 13.5 Å². The van der Waals surface area contributed by atoms with Crippen molar-refractivity contribution in [1.82, 2.24) is 5.43 Å². The molecule has 3 aromatic rings. The van der Waals surface area contributed by atoms with Gasteiger partial charge < -0.3 is 13.7 Å². The molecule has 0 heterocycles. The summed E-state index contributed by atoms with van der Waals surface area (Å²) >= 11 is 6.19. The number of amides is 1. The Morgan fingerprint density at radius 1 is 0.971 bits per heavy atom. The number of hydrogen-bond donors (Lipinski definition) is 1. The minimum atomic E-state index is -4.02. The van der Waals surface area contributed by atoms with Crippen LogP contribution in [0.5, 0.6) is 17.2 Å². The standard InChI is InChI=1S/C25H25ClN2O6S/c1-3-14-33-23-13-11-19(16-24(23)32-4-2)25(29)28-27-17-18-10-12-22(21(26)15-18)34-35(30,31)20-8-6-5-7-9-20/h5-13,15-17H,3-4,14H2,1-2H3,(H,28,29)/b27-17+. The first-order valence-electron chi connectivity index (χ1n) is 10.9. The lowest BCUT2D eigenvalue weighted by Gasteiger charge is -2.12. The molecule has 0 aliphatic heterocycles. The zero-order valence-corrected chi connectivity index (χ0v) is 20.8. The van der Waals surface area contributed by atoms with Crippen LogP contribution in [0.3, 0.4) is 0 Å². The van der Waals surface area contributed by atoms with Crippen LogP contribution in [-0.4, -0.2) is 33.8 Å². The Morgan fingerprint density at radius 2 is 1.71 bits per heavy atom. The first-order chi connectivity index (χ1) is 16.8. The van der Waals surface area contributed by atoms with Crippen LogP contribution in [-0.2, 0) is 10.1 Å². The fourth-order valence-corrected chi connectivity index (χ4v) is 4.14. The van der Waals surface area contributed by atoms with Crippen molar-refractivity contribution in [3.8, 4) is 17.2 Å². The van der Waals surface area contributed by atoms with Crippen molar-refractivity contribution >= 4 is 33.8 Å². The maximum absolute atomic E-state index is 12.5. The third-order valence-corrected chi connectivity index (χ3v) is 6.08. The molecule has 8 nitrogen and oxygen atoms in total. The van der Waals surface area contributed by atoms with E-state index in [1.165, 1.54) is 30.5 Å². The van der Waals surface area contributed by atoms with E-state index in [1.54, 1.807) is 42.5 Å². The molecule has 10 heteroatoms. The molecule has 0 bridgehead atoms. The summed E-state index contributed by atoms with van der Waals surface area (Å²) in [4.78, 5) is 12.5. The van der Waals surface area contributed by atoms with Crippen LogP contribution in [0, 0.1) is 0 Å². The van der Waals surface area contributed by atoms with Crippen LogP contribution in [0.25, 0.3) is 0 Å². The number of carbonyl (C=O) groups excluding carboxylic acids is 1. The normalized spacial score (nSPS) is 11.3. The minimum Gasteiger partial charge on any atom is -0.490 e. The molecule has 184 valence electrons. The molecule has 0 spiro atoms. The first-order valence-corrected chi connectivity index (χ1v) is 12.6. The zero-order chi connectivity index (χ0) is 25.3. The SMILES string of the molecule is CCCOc1ccc(C(=O)N/N=C/c2ccc(OS(=O)(=O)c3ccccc3)c(Cl)c2)cc1OCC. The van der Waals surface area contributed by atoms with Crippen molar-refractivity contribution in [2.45, 2.75) is 25.2 Å². The maximum atomic E-state index is 12.5. The molecule has 0 aromatic heterocycles. The molecule has 0 unspecified atom stereocenters. The third-order valence-electron chi connectivity index (χ3n) is 4.53. The summed E-state index contributed by atoms with van der Waals surface area (Å²) in [5, 5.41) is 4.02. The number of nitrogens with one attached hydrogen (secondary N) is 1. The Hall–Kier alpha value is -3.56. The highest BCUT2D eigenvalue weighted by Crippen LogP contribution is 2.29. The summed E-state index contributed by atoms with van der Waals surface area (Å²) in [5.74, 6) is 0.583. The van der Waals surface area contributed by atoms with Crippen molar-refractivity contribution in [2.24, 2.45) is 5.10 Å². The van der Waals surface area contributed by atoms with E-state index in [-0.39, 0.29) is 15.7 Å². The number of ether oxygens (including phenoxy) is 2. The number of halogens is 1. The van der Waals surface area contributed by atoms with Gasteiger partial charge in [0, 0.05) is 5.56 Å². The minimum absolute atomic E-state index is 0.0156. The van der Waals surface area contributed by atoms with E-state index in [1.807, 2.05) is 13.8 Å². The molecule has 3 rings (SSSR count). The lowest BCUT2D eigenvalue weighted by atomic mass is 10.2. The first kappa shape index (κ1) is 26.1. The van der Waals surface area contributed by atoms with E-state index >= 15 is 0 Å². The Labute approximate surface area is 209 Å². The van der Waals surface area contributed by atoms with Gasteiger partial charge in [-0.1, -0.05) is 36.7 Å². The van der Waals surface area contributed by atoms with Gasteiger partial charge in [0.15, 0.2) is 17.2 Å². The lowest BCUT2D eigenvalue weighted by Crippen LogP contribution is -2.17. The fraction of sp³-hybridized carbons (Fsp3) is 0.200. The van der Waals surface area contributed by atoms with Gasteiger partial charge in [-0.05, 0) is 67.4 Å². The van der Waals surface area contributed by atoms with Crippen LogP contribution >= 0.6 is 11.6 Å². The van der Waals surface area contributed by atoms with Gasteiger partial charge in [0.2, 0.25) is 0 Å². The summed E-state index contributed by atoms with van der Waals surface area (Å²) in [7, 11) is -4.02. The zero-order valence-electron chi connectivity index (χ0n) is 19.2. The lowest BCUT2D eigenvalue weighted by molar-refractivity contribution is 0.0954. The molecule has 0 fully saturated rings. The number of rotatable bonds is 11. The number of carbonyl (C=O) groups is 1. The summed E-state index contributed by atoms with van der Waals surface area (Å²) in [6.07, 6.45) is 2.23. The fourth-order valence-electron chi connectivity index (χ4n) is 2.90. The third kappa shape index (κ3) is 7.21. The molecule has 0 saturated carbocycles. The molecule has 0 radical (unpaired) electrons. The quantitative estimate of drug-likeness (QED) is 0.217. The predicted octanol–water partition coefficient (Wildman–Crippen LogP) is 5.06. The average Bonchev–Trinajstić information content (AvgIpc) is 2.85. The van der Waals surface area contributed by atoms with Gasteiger partial charge >= 0.3 is 10.1 Å². The summed E-state index contributed by atoms with van der Waals surface area (Å²) in [5.41, 5.74) is 3.31. The van der Waals surface area contributed by atoms with E-state index in [9.17, 15) is 13.2 Å². The van der Waals surface area contributed by atoms with E-state index in [2.05, 4.69) is 10.5 Å². The molecule has 0 atom stereocenters. The molecule has 1 N–H and O–H groups in total. The second kappa shape index (κ2) is 12.2. The number of nitrogens with zero attached hydrogens (tertiary/aromatic N) is 1. The van der Waals surface area contributed by atoms with Crippen LogP contribution in [0.4, 0.5) is 0 Å². The number of benzene rings is 3.